The Morgan fingerprint density at radius 3 is 3.12 bits per heavy atom. The van der Waals surface area contributed by atoms with Crippen molar-refractivity contribution >= 4 is 27.7 Å². The second-order valence-electron chi connectivity index (χ2n) is 3.81. The quantitative estimate of drug-likeness (QED) is 0.907. The molecule has 1 atom stereocenters. The molecule has 2 heterocycles. The number of ether oxygens (including phenoxy) is 1. The van der Waals surface area contributed by atoms with Crippen LogP contribution in [0.5, 0.6) is 0 Å². The summed E-state index contributed by atoms with van der Waals surface area (Å²) in [6.07, 6.45) is 3.09. The van der Waals surface area contributed by atoms with E-state index < -0.39 is 0 Å². The first-order chi connectivity index (χ1) is 7.66. The van der Waals surface area contributed by atoms with E-state index in [1.807, 2.05) is 13.0 Å². The van der Waals surface area contributed by atoms with Crippen LogP contribution in [0.25, 0.3) is 0 Å². The second kappa shape index (κ2) is 4.93. The van der Waals surface area contributed by atoms with Crippen molar-refractivity contribution in [2.24, 2.45) is 0 Å². The molecule has 16 heavy (non-hydrogen) atoms. The molecule has 0 aromatic carbocycles. The summed E-state index contributed by atoms with van der Waals surface area (Å²) in [6, 6.07) is 1.91. The number of anilines is 1. The Kier molecular flexibility index (Phi) is 3.56. The van der Waals surface area contributed by atoms with E-state index in [0.717, 1.165) is 22.9 Å². The number of carbonyl (C=O) groups is 1. The number of nitrogens with zero attached hydrogens (tertiary/aromatic N) is 1. The molecule has 5 heteroatoms. The molecule has 1 fully saturated rings. The predicted molar refractivity (Wildman–Crippen MR) is 64.3 cm³/mol. The summed E-state index contributed by atoms with van der Waals surface area (Å²) < 4.78 is 6.20. The minimum Gasteiger partial charge on any atom is -0.368 e. The van der Waals surface area contributed by atoms with Gasteiger partial charge in [0.05, 0.1) is 0 Å². The van der Waals surface area contributed by atoms with Crippen LogP contribution < -0.4 is 5.32 Å². The van der Waals surface area contributed by atoms with Crippen molar-refractivity contribution in [3.05, 3.63) is 22.3 Å². The maximum absolute atomic E-state index is 11.8. The largest absolute Gasteiger partial charge is 0.368 e. The van der Waals surface area contributed by atoms with Crippen molar-refractivity contribution in [3.8, 4) is 0 Å². The molecular formula is C11H13BrN2O2. The highest BCUT2D eigenvalue weighted by Gasteiger charge is 2.24. The molecule has 0 bridgehead atoms. The van der Waals surface area contributed by atoms with Crippen molar-refractivity contribution in [1.82, 2.24) is 4.98 Å². The van der Waals surface area contributed by atoms with Gasteiger partial charge in [0.15, 0.2) is 0 Å². The summed E-state index contributed by atoms with van der Waals surface area (Å²) in [7, 11) is 0. The van der Waals surface area contributed by atoms with Gasteiger partial charge in [0.25, 0.3) is 5.91 Å². The number of carbonyl (C=O) groups excluding carboxylic acids is 1. The maximum atomic E-state index is 11.8. The highest BCUT2D eigenvalue weighted by atomic mass is 79.9. The van der Waals surface area contributed by atoms with Crippen molar-refractivity contribution < 1.29 is 9.53 Å². The van der Waals surface area contributed by atoms with Gasteiger partial charge in [-0.15, -0.1) is 0 Å². The predicted octanol–water partition coefficient (Wildman–Crippen LogP) is 2.27. The number of pyridine rings is 1. The van der Waals surface area contributed by atoms with Gasteiger partial charge in [-0.05, 0) is 47.3 Å². The van der Waals surface area contributed by atoms with E-state index in [1.54, 1.807) is 6.20 Å². The van der Waals surface area contributed by atoms with Crippen molar-refractivity contribution in [1.29, 1.82) is 0 Å². The lowest BCUT2D eigenvalue weighted by molar-refractivity contribution is -0.124. The summed E-state index contributed by atoms with van der Waals surface area (Å²) in [5, 5.41) is 2.78. The van der Waals surface area contributed by atoms with Gasteiger partial charge in [0.1, 0.15) is 11.9 Å². The number of aromatic nitrogens is 1. The molecule has 1 amide bonds. The van der Waals surface area contributed by atoms with Crippen LogP contribution in [0, 0.1) is 6.92 Å². The van der Waals surface area contributed by atoms with Crippen molar-refractivity contribution in [2.45, 2.75) is 25.9 Å². The molecule has 1 N–H and O–H groups in total. The average Bonchev–Trinajstić information content (AvgIpc) is 2.75. The lowest BCUT2D eigenvalue weighted by Crippen LogP contribution is -2.27. The van der Waals surface area contributed by atoms with Crippen LogP contribution in [0.2, 0.25) is 0 Å². The minimum absolute atomic E-state index is 0.101. The summed E-state index contributed by atoms with van der Waals surface area (Å²) in [4.78, 5) is 15.9. The third-order valence-corrected chi connectivity index (χ3v) is 2.94. The fourth-order valence-electron chi connectivity index (χ4n) is 1.65. The van der Waals surface area contributed by atoms with Gasteiger partial charge in [0.2, 0.25) is 0 Å². The third kappa shape index (κ3) is 2.59. The molecule has 1 aromatic heterocycles. The normalized spacial score (nSPS) is 19.8. The molecule has 4 nitrogen and oxygen atoms in total. The Morgan fingerprint density at radius 1 is 1.69 bits per heavy atom. The zero-order valence-electron chi connectivity index (χ0n) is 9.00. The molecule has 1 aliphatic rings. The molecule has 86 valence electrons. The van der Waals surface area contributed by atoms with Gasteiger partial charge < -0.3 is 10.1 Å². The maximum Gasteiger partial charge on any atom is 0.254 e. The van der Waals surface area contributed by atoms with E-state index >= 15 is 0 Å². The topological polar surface area (TPSA) is 51.2 Å². The summed E-state index contributed by atoms with van der Waals surface area (Å²) in [5.41, 5.74) is 0.931. The smallest absolute Gasteiger partial charge is 0.254 e. The van der Waals surface area contributed by atoms with Crippen LogP contribution in [-0.2, 0) is 9.53 Å². The summed E-state index contributed by atoms with van der Waals surface area (Å²) >= 11 is 3.33. The van der Waals surface area contributed by atoms with Crippen LogP contribution in [0.15, 0.2) is 16.7 Å². The Balaban J connectivity index is 2.05. The van der Waals surface area contributed by atoms with E-state index in [2.05, 4.69) is 26.2 Å². The van der Waals surface area contributed by atoms with Crippen LogP contribution >= 0.6 is 15.9 Å². The minimum atomic E-state index is -0.315. The molecule has 0 radical (unpaired) electrons. The standard InChI is InChI=1S/C11H13BrN2O2/c1-7-5-8(12)6-13-10(7)14-11(15)9-3-2-4-16-9/h5-6,9H,2-4H2,1H3,(H,13,14,15)/t9-/m0/s1. The van der Waals surface area contributed by atoms with Crippen molar-refractivity contribution in [2.75, 3.05) is 11.9 Å². The summed E-state index contributed by atoms with van der Waals surface area (Å²) in [6.45, 7) is 2.58. The molecule has 1 aliphatic heterocycles. The van der Waals surface area contributed by atoms with Crippen LogP contribution in [0.4, 0.5) is 5.82 Å². The molecule has 0 saturated carbocycles. The third-order valence-electron chi connectivity index (χ3n) is 2.51. The Hall–Kier alpha value is -0.940. The fourth-order valence-corrected chi connectivity index (χ4v) is 2.10. The van der Waals surface area contributed by atoms with Gasteiger partial charge in [0, 0.05) is 17.3 Å². The first-order valence-corrected chi connectivity index (χ1v) is 6.01. The van der Waals surface area contributed by atoms with Crippen LogP contribution in [0.3, 0.4) is 0 Å². The van der Waals surface area contributed by atoms with Gasteiger partial charge in [-0.1, -0.05) is 0 Å². The van der Waals surface area contributed by atoms with E-state index in [0.29, 0.717) is 12.4 Å². The van der Waals surface area contributed by atoms with E-state index in [-0.39, 0.29) is 12.0 Å². The number of amides is 1. The van der Waals surface area contributed by atoms with Gasteiger partial charge >= 0.3 is 0 Å². The monoisotopic (exact) mass is 284 g/mol. The Labute approximate surface area is 103 Å². The molecular weight excluding hydrogens is 272 g/mol. The molecule has 0 aliphatic carbocycles. The SMILES string of the molecule is Cc1cc(Br)cnc1NC(=O)[C@@H]1CCCO1. The van der Waals surface area contributed by atoms with Crippen LogP contribution in [0.1, 0.15) is 18.4 Å². The van der Waals surface area contributed by atoms with E-state index in [9.17, 15) is 4.79 Å². The average molecular weight is 285 g/mol. The first-order valence-electron chi connectivity index (χ1n) is 5.21. The fraction of sp³-hybridized carbons (Fsp3) is 0.455. The van der Waals surface area contributed by atoms with Gasteiger partial charge in [-0.3, -0.25) is 4.79 Å². The lowest BCUT2D eigenvalue weighted by atomic mass is 10.2. The van der Waals surface area contributed by atoms with Gasteiger partial charge in [-0.2, -0.15) is 0 Å². The zero-order chi connectivity index (χ0) is 11.5. The Morgan fingerprint density at radius 2 is 2.50 bits per heavy atom. The molecule has 0 unspecified atom stereocenters. The molecule has 2 rings (SSSR count). The Bertz CT molecular complexity index is 403. The molecule has 0 spiro atoms. The molecule has 1 aromatic rings. The number of hydrogen-bond donors (Lipinski definition) is 1. The van der Waals surface area contributed by atoms with Crippen molar-refractivity contribution in [3.63, 3.8) is 0 Å². The first kappa shape index (κ1) is 11.5. The molecule has 1 saturated heterocycles. The number of aryl methyl sites for hydroxylation is 1. The number of halogens is 1. The van der Waals surface area contributed by atoms with Gasteiger partial charge in [-0.25, -0.2) is 4.98 Å². The number of nitrogens with one attached hydrogen (secondary N) is 1. The number of hydrogen-bond acceptors (Lipinski definition) is 3. The highest BCUT2D eigenvalue weighted by molar-refractivity contribution is 9.10. The second-order valence-corrected chi connectivity index (χ2v) is 4.73. The lowest BCUT2D eigenvalue weighted by Gasteiger charge is -2.11. The zero-order valence-corrected chi connectivity index (χ0v) is 10.6. The van der Waals surface area contributed by atoms with Crippen LogP contribution in [-0.4, -0.2) is 23.6 Å². The highest BCUT2D eigenvalue weighted by Crippen LogP contribution is 2.19. The number of rotatable bonds is 2. The summed E-state index contributed by atoms with van der Waals surface area (Å²) in [5.74, 6) is 0.499. The van der Waals surface area contributed by atoms with E-state index in [1.165, 1.54) is 0 Å². The van der Waals surface area contributed by atoms with E-state index in [4.69, 9.17) is 4.74 Å².